The first-order chi connectivity index (χ1) is 13.3. The Bertz CT molecular complexity index is 888. The van der Waals surface area contributed by atoms with Crippen LogP contribution in [0.2, 0.25) is 0 Å². The highest BCUT2D eigenvalue weighted by molar-refractivity contribution is 5.89. The molecule has 0 radical (unpaired) electrons. The number of hydrogen-bond donors (Lipinski definition) is 3. The first kappa shape index (κ1) is 20.6. The second kappa shape index (κ2) is 9.31. The third kappa shape index (κ3) is 5.41. The summed E-state index contributed by atoms with van der Waals surface area (Å²) in [6.45, 7) is 0. The Kier molecular flexibility index (Phi) is 6.86. The van der Waals surface area contributed by atoms with Crippen LogP contribution in [0.3, 0.4) is 0 Å². The molecule has 28 heavy (non-hydrogen) atoms. The van der Waals surface area contributed by atoms with Crippen LogP contribution in [0.1, 0.15) is 11.1 Å². The molecule has 0 aliphatic heterocycles. The summed E-state index contributed by atoms with van der Waals surface area (Å²) in [4.78, 5) is 24.0. The maximum absolute atomic E-state index is 12.1. The summed E-state index contributed by atoms with van der Waals surface area (Å²) < 4.78 is 14.7. The van der Waals surface area contributed by atoms with Gasteiger partial charge in [0, 0.05) is 12.5 Å². The fourth-order valence-corrected chi connectivity index (χ4v) is 2.37. The fourth-order valence-electron chi connectivity index (χ4n) is 2.37. The maximum atomic E-state index is 12.1. The van der Waals surface area contributed by atoms with E-state index in [4.69, 9.17) is 9.47 Å². The maximum Gasteiger partial charge on any atom is 0.347 e. The highest BCUT2D eigenvalue weighted by atomic mass is 16.6. The highest BCUT2D eigenvalue weighted by Crippen LogP contribution is 2.27. The molecule has 2 aromatic carbocycles. The quantitative estimate of drug-likeness (QED) is 0.375. The Morgan fingerprint density at radius 3 is 2.36 bits per heavy atom. The van der Waals surface area contributed by atoms with Crippen molar-refractivity contribution >= 4 is 18.0 Å². The second-order valence-corrected chi connectivity index (χ2v) is 5.74. The van der Waals surface area contributed by atoms with E-state index in [9.17, 15) is 24.9 Å². The van der Waals surface area contributed by atoms with Crippen molar-refractivity contribution in [3.8, 4) is 23.0 Å². The van der Waals surface area contributed by atoms with E-state index in [0.29, 0.717) is 16.9 Å². The van der Waals surface area contributed by atoms with Crippen LogP contribution in [0.15, 0.2) is 42.5 Å². The number of esters is 2. The normalized spacial score (nSPS) is 11.8. The second-order valence-electron chi connectivity index (χ2n) is 5.74. The molecule has 0 aliphatic carbocycles. The Balaban J connectivity index is 2.08. The lowest BCUT2D eigenvalue weighted by atomic mass is 10.1. The van der Waals surface area contributed by atoms with Crippen LogP contribution in [-0.2, 0) is 25.5 Å². The number of ether oxygens (including phenoxy) is 3. The summed E-state index contributed by atoms with van der Waals surface area (Å²) in [6, 6.07) is 8.56. The number of carbonyl (C=O) groups excluding carboxylic acids is 2. The summed E-state index contributed by atoms with van der Waals surface area (Å²) >= 11 is 0. The predicted octanol–water partition coefficient (Wildman–Crippen LogP) is 2.15. The number of hydrogen-bond acceptors (Lipinski definition) is 8. The molecule has 0 bridgehead atoms. The van der Waals surface area contributed by atoms with E-state index >= 15 is 0 Å². The van der Waals surface area contributed by atoms with E-state index < -0.39 is 18.0 Å². The van der Waals surface area contributed by atoms with E-state index in [1.54, 1.807) is 6.07 Å². The minimum absolute atomic E-state index is 0.0522. The minimum atomic E-state index is -1.24. The molecular formula is C20H20O8. The smallest absolute Gasteiger partial charge is 0.347 e. The number of aromatic hydroxyl groups is 3. The topological polar surface area (TPSA) is 123 Å². The molecular weight excluding hydrogens is 368 g/mol. The van der Waals surface area contributed by atoms with Gasteiger partial charge in [-0.1, -0.05) is 12.1 Å². The Hall–Kier alpha value is -3.68. The van der Waals surface area contributed by atoms with Gasteiger partial charge in [0.15, 0.2) is 23.0 Å². The van der Waals surface area contributed by atoms with Gasteiger partial charge in [-0.15, -0.1) is 0 Å². The van der Waals surface area contributed by atoms with Crippen LogP contribution in [0.5, 0.6) is 23.0 Å². The Labute approximate surface area is 161 Å². The molecule has 0 amide bonds. The van der Waals surface area contributed by atoms with E-state index in [1.165, 1.54) is 43.5 Å². The first-order valence-corrected chi connectivity index (χ1v) is 8.18. The number of rotatable bonds is 7. The number of phenols is 3. The van der Waals surface area contributed by atoms with Gasteiger partial charge in [-0.25, -0.2) is 9.59 Å². The molecule has 8 heteroatoms. The molecule has 2 aromatic rings. The van der Waals surface area contributed by atoms with Crippen LogP contribution < -0.4 is 4.74 Å². The summed E-state index contributed by atoms with van der Waals surface area (Å²) in [5, 5.41) is 28.6. The molecule has 0 unspecified atom stereocenters. The highest BCUT2D eigenvalue weighted by Gasteiger charge is 2.24. The molecule has 0 aliphatic rings. The SMILES string of the molecule is COC(=O)[C@@H](Cc1ccc(O)c(O)c1)OC(=O)/C=C/c1ccc(OC)c(O)c1. The van der Waals surface area contributed by atoms with Crippen molar-refractivity contribution in [2.45, 2.75) is 12.5 Å². The van der Waals surface area contributed by atoms with Gasteiger partial charge in [0.2, 0.25) is 6.10 Å². The van der Waals surface area contributed by atoms with E-state index in [2.05, 4.69) is 4.74 Å². The lowest BCUT2D eigenvalue weighted by Gasteiger charge is -2.15. The van der Waals surface area contributed by atoms with Crippen molar-refractivity contribution in [1.29, 1.82) is 0 Å². The van der Waals surface area contributed by atoms with Crippen molar-refractivity contribution in [2.75, 3.05) is 14.2 Å². The summed E-state index contributed by atoms with van der Waals surface area (Å²) in [5.41, 5.74) is 0.982. The zero-order valence-electron chi connectivity index (χ0n) is 15.3. The number of carbonyl (C=O) groups is 2. The van der Waals surface area contributed by atoms with Crippen molar-refractivity contribution in [3.05, 3.63) is 53.6 Å². The third-order valence-corrected chi connectivity index (χ3v) is 3.80. The Morgan fingerprint density at radius 1 is 1.00 bits per heavy atom. The molecule has 0 spiro atoms. The number of benzene rings is 2. The van der Waals surface area contributed by atoms with Gasteiger partial charge < -0.3 is 29.5 Å². The van der Waals surface area contributed by atoms with Crippen molar-refractivity contribution in [3.63, 3.8) is 0 Å². The van der Waals surface area contributed by atoms with Crippen molar-refractivity contribution in [1.82, 2.24) is 0 Å². The summed E-state index contributed by atoms with van der Waals surface area (Å²) in [6.07, 6.45) is 1.22. The van der Waals surface area contributed by atoms with Gasteiger partial charge in [0.25, 0.3) is 0 Å². The molecule has 8 nitrogen and oxygen atoms in total. The monoisotopic (exact) mass is 388 g/mol. The molecule has 3 N–H and O–H groups in total. The van der Waals surface area contributed by atoms with Crippen LogP contribution in [0.4, 0.5) is 0 Å². The van der Waals surface area contributed by atoms with Gasteiger partial charge in [-0.3, -0.25) is 0 Å². The van der Waals surface area contributed by atoms with E-state index in [0.717, 1.165) is 13.2 Å². The number of methoxy groups -OCH3 is 2. The first-order valence-electron chi connectivity index (χ1n) is 8.18. The molecule has 0 heterocycles. The Morgan fingerprint density at radius 2 is 1.75 bits per heavy atom. The zero-order chi connectivity index (χ0) is 20.7. The van der Waals surface area contributed by atoms with Crippen LogP contribution in [-0.4, -0.2) is 47.6 Å². The largest absolute Gasteiger partial charge is 0.504 e. The predicted molar refractivity (Wildman–Crippen MR) is 99.1 cm³/mol. The van der Waals surface area contributed by atoms with Crippen LogP contribution in [0.25, 0.3) is 6.08 Å². The molecule has 0 fully saturated rings. The van der Waals surface area contributed by atoms with Gasteiger partial charge in [0.05, 0.1) is 14.2 Å². The lowest BCUT2D eigenvalue weighted by Crippen LogP contribution is -2.30. The molecule has 0 saturated heterocycles. The van der Waals surface area contributed by atoms with Gasteiger partial charge in [-0.05, 0) is 41.5 Å². The standard InChI is InChI=1S/C20H20O8/c1-26-17-7-4-12(9-16(17)23)5-8-19(24)28-18(20(25)27-2)11-13-3-6-14(21)15(22)10-13/h3-10,18,21-23H,11H2,1-2H3/b8-5+/t18-/m1/s1. The van der Waals surface area contributed by atoms with E-state index in [1.807, 2.05) is 0 Å². The molecule has 0 saturated carbocycles. The molecule has 148 valence electrons. The average molecular weight is 388 g/mol. The van der Waals surface area contributed by atoms with Gasteiger partial charge in [-0.2, -0.15) is 0 Å². The van der Waals surface area contributed by atoms with Crippen molar-refractivity contribution < 1.29 is 39.1 Å². The molecule has 1 atom stereocenters. The van der Waals surface area contributed by atoms with Crippen LogP contribution in [0, 0.1) is 0 Å². The summed E-state index contributed by atoms with van der Waals surface area (Å²) in [7, 11) is 2.58. The van der Waals surface area contributed by atoms with Gasteiger partial charge in [0.1, 0.15) is 0 Å². The van der Waals surface area contributed by atoms with Crippen molar-refractivity contribution in [2.24, 2.45) is 0 Å². The minimum Gasteiger partial charge on any atom is -0.504 e. The molecule has 2 rings (SSSR count). The fraction of sp³-hybridized carbons (Fsp3) is 0.200. The van der Waals surface area contributed by atoms with E-state index in [-0.39, 0.29) is 23.7 Å². The average Bonchev–Trinajstić information content (AvgIpc) is 2.68. The van der Waals surface area contributed by atoms with Crippen LogP contribution >= 0.6 is 0 Å². The van der Waals surface area contributed by atoms with Gasteiger partial charge >= 0.3 is 11.9 Å². The number of phenolic OH excluding ortho intramolecular Hbond substituents is 3. The molecule has 0 aromatic heterocycles. The zero-order valence-corrected chi connectivity index (χ0v) is 15.3. The lowest BCUT2D eigenvalue weighted by molar-refractivity contribution is -0.162. The third-order valence-electron chi connectivity index (χ3n) is 3.80. The summed E-state index contributed by atoms with van der Waals surface area (Å²) in [5.74, 6) is -2.02.